The van der Waals surface area contributed by atoms with Crippen LogP contribution in [0.3, 0.4) is 0 Å². The number of pyridine rings is 1. The molecule has 2 heterocycles. The molecule has 0 aliphatic rings. The van der Waals surface area contributed by atoms with Crippen molar-refractivity contribution in [3.63, 3.8) is 0 Å². The van der Waals surface area contributed by atoms with E-state index in [-0.39, 0.29) is 6.04 Å². The number of rotatable bonds is 3. The van der Waals surface area contributed by atoms with Crippen molar-refractivity contribution in [3.8, 4) is 0 Å². The van der Waals surface area contributed by atoms with Crippen LogP contribution in [0.25, 0.3) is 10.9 Å². The molecule has 0 radical (unpaired) electrons. The van der Waals surface area contributed by atoms with Gasteiger partial charge in [0.05, 0.1) is 22.1 Å². The maximum atomic E-state index is 6.41. The van der Waals surface area contributed by atoms with Crippen molar-refractivity contribution in [2.75, 3.05) is 0 Å². The van der Waals surface area contributed by atoms with Crippen LogP contribution in [-0.4, -0.2) is 14.6 Å². The van der Waals surface area contributed by atoms with Gasteiger partial charge in [-0.3, -0.25) is 4.98 Å². The number of fused-ring (bicyclic) bond motifs is 1. The maximum absolute atomic E-state index is 6.41. The fraction of sp³-hybridized carbons (Fsp3) is 0.214. The highest BCUT2D eigenvalue weighted by Gasteiger charge is 2.18. The maximum Gasteiger partial charge on any atom is 0.0804 e. The topological polar surface area (TPSA) is 64.7 Å². The lowest BCUT2D eigenvalue weighted by atomic mass is 9.99. The summed E-state index contributed by atoms with van der Waals surface area (Å²) in [5.74, 6) is 0. The van der Waals surface area contributed by atoms with E-state index >= 15 is 0 Å². The normalized spacial score (nSPS) is 12.7. The summed E-state index contributed by atoms with van der Waals surface area (Å²) in [6.45, 7) is 2.07. The van der Waals surface area contributed by atoms with Gasteiger partial charge in [-0.05, 0) is 35.6 Å². The molecule has 1 aromatic carbocycles. The highest BCUT2D eigenvalue weighted by Crippen LogP contribution is 2.29. The van der Waals surface area contributed by atoms with Gasteiger partial charge in [0.1, 0.15) is 0 Å². The Balaban J connectivity index is 2.14. The van der Waals surface area contributed by atoms with Gasteiger partial charge in [-0.1, -0.05) is 29.6 Å². The number of aryl methyl sites for hydroxylation is 1. The van der Waals surface area contributed by atoms with Gasteiger partial charge in [-0.25, -0.2) is 0 Å². The molecule has 0 aliphatic heterocycles. The van der Waals surface area contributed by atoms with Crippen molar-refractivity contribution in [2.24, 2.45) is 5.73 Å². The Labute approximate surface area is 115 Å². The average molecular weight is 270 g/mol. The van der Waals surface area contributed by atoms with Crippen LogP contribution >= 0.6 is 11.5 Å². The average Bonchev–Trinajstić information content (AvgIpc) is 2.94. The van der Waals surface area contributed by atoms with Crippen LogP contribution in [0.5, 0.6) is 0 Å². The summed E-state index contributed by atoms with van der Waals surface area (Å²) < 4.78 is 4.02. The van der Waals surface area contributed by atoms with Crippen molar-refractivity contribution in [1.29, 1.82) is 0 Å². The van der Waals surface area contributed by atoms with E-state index in [0.29, 0.717) is 0 Å². The van der Waals surface area contributed by atoms with Crippen molar-refractivity contribution in [3.05, 3.63) is 52.7 Å². The first-order chi connectivity index (χ1) is 9.31. The molecule has 3 rings (SSSR count). The van der Waals surface area contributed by atoms with Crippen molar-refractivity contribution < 1.29 is 0 Å². The highest BCUT2D eigenvalue weighted by atomic mass is 32.1. The number of hydrogen-bond acceptors (Lipinski definition) is 5. The number of benzene rings is 1. The van der Waals surface area contributed by atoms with Crippen LogP contribution in [0.2, 0.25) is 0 Å². The van der Waals surface area contributed by atoms with Gasteiger partial charge in [0.2, 0.25) is 0 Å². The van der Waals surface area contributed by atoms with E-state index < -0.39 is 0 Å². The van der Waals surface area contributed by atoms with E-state index in [1.165, 1.54) is 11.5 Å². The molecule has 96 valence electrons. The summed E-state index contributed by atoms with van der Waals surface area (Å²) in [5.41, 5.74) is 9.43. The van der Waals surface area contributed by atoms with Crippen LogP contribution in [0.1, 0.15) is 29.1 Å². The van der Waals surface area contributed by atoms with Gasteiger partial charge < -0.3 is 5.73 Å². The fourth-order valence-electron chi connectivity index (χ4n) is 2.24. The minimum atomic E-state index is -0.192. The largest absolute Gasteiger partial charge is 0.319 e. The summed E-state index contributed by atoms with van der Waals surface area (Å²) in [6, 6.07) is 9.83. The molecule has 0 bridgehead atoms. The first-order valence-electron chi connectivity index (χ1n) is 6.21. The minimum Gasteiger partial charge on any atom is -0.319 e. The molecule has 0 saturated carbocycles. The third-order valence-electron chi connectivity index (χ3n) is 3.22. The quantitative estimate of drug-likeness (QED) is 0.794. The molecular formula is C14H14N4S. The van der Waals surface area contributed by atoms with Crippen molar-refractivity contribution >= 4 is 22.4 Å². The van der Waals surface area contributed by atoms with Crippen LogP contribution in [-0.2, 0) is 6.42 Å². The Hall–Kier alpha value is -1.85. The standard InChI is InChI=1S/C14H14N4S/c1-2-11-14(19-18-17-11)13(15)10-5-3-7-12-9(10)6-4-8-16-12/h3-8,13H,2,15H2,1H3. The predicted molar refractivity (Wildman–Crippen MR) is 77.1 cm³/mol. The van der Waals surface area contributed by atoms with E-state index in [9.17, 15) is 0 Å². The molecule has 2 N–H and O–H groups in total. The lowest BCUT2D eigenvalue weighted by molar-refractivity contribution is 0.860. The van der Waals surface area contributed by atoms with Gasteiger partial charge >= 0.3 is 0 Å². The zero-order chi connectivity index (χ0) is 13.2. The first-order valence-corrected chi connectivity index (χ1v) is 6.99. The Morgan fingerprint density at radius 3 is 3.00 bits per heavy atom. The van der Waals surface area contributed by atoms with Crippen LogP contribution in [0.15, 0.2) is 36.5 Å². The molecule has 0 aliphatic carbocycles. The number of nitrogens with two attached hydrogens (primary N) is 1. The second-order valence-electron chi connectivity index (χ2n) is 4.33. The molecular weight excluding hydrogens is 256 g/mol. The van der Waals surface area contributed by atoms with E-state index in [4.69, 9.17) is 5.73 Å². The molecule has 5 heteroatoms. The van der Waals surface area contributed by atoms with Crippen molar-refractivity contribution in [1.82, 2.24) is 14.6 Å². The molecule has 0 saturated heterocycles. The molecule has 1 unspecified atom stereocenters. The third kappa shape index (κ3) is 2.11. The van der Waals surface area contributed by atoms with Gasteiger partial charge in [0, 0.05) is 11.6 Å². The Morgan fingerprint density at radius 1 is 1.26 bits per heavy atom. The highest BCUT2D eigenvalue weighted by molar-refractivity contribution is 7.05. The summed E-state index contributed by atoms with van der Waals surface area (Å²) in [4.78, 5) is 5.41. The summed E-state index contributed by atoms with van der Waals surface area (Å²) in [7, 11) is 0. The predicted octanol–water partition coefficient (Wildman–Crippen LogP) is 2.70. The summed E-state index contributed by atoms with van der Waals surface area (Å²) >= 11 is 1.38. The SMILES string of the molecule is CCc1nnsc1C(N)c1cccc2ncccc12. The zero-order valence-corrected chi connectivity index (χ0v) is 11.4. The second-order valence-corrected chi connectivity index (χ2v) is 5.12. The second kappa shape index (κ2) is 5.03. The fourth-order valence-corrected chi connectivity index (χ4v) is 2.99. The number of hydrogen-bond donors (Lipinski definition) is 1. The van der Waals surface area contributed by atoms with E-state index in [1.54, 1.807) is 6.20 Å². The minimum absolute atomic E-state index is 0.192. The molecule has 0 spiro atoms. The smallest absolute Gasteiger partial charge is 0.0804 e. The summed E-state index contributed by atoms with van der Waals surface area (Å²) in [6.07, 6.45) is 2.64. The molecule has 19 heavy (non-hydrogen) atoms. The molecule has 3 aromatic rings. The van der Waals surface area contributed by atoms with E-state index in [2.05, 4.69) is 27.6 Å². The Kier molecular flexibility index (Phi) is 3.23. The first kappa shape index (κ1) is 12.2. The lowest BCUT2D eigenvalue weighted by Crippen LogP contribution is -2.12. The Bertz CT molecular complexity index is 702. The van der Waals surface area contributed by atoms with Gasteiger partial charge in [-0.2, -0.15) is 0 Å². The zero-order valence-electron chi connectivity index (χ0n) is 10.6. The van der Waals surface area contributed by atoms with Crippen molar-refractivity contribution in [2.45, 2.75) is 19.4 Å². The molecule has 0 fully saturated rings. The molecule has 1 atom stereocenters. The molecule has 0 amide bonds. The molecule has 4 nitrogen and oxygen atoms in total. The number of nitrogens with zero attached hydrogens (tertiary/aromatic N) is 3. The Morgan fingerprint density at radius 2 is 2.16 bits per heavy atom. The lowest BCUT2D eigenvalue weighted by Gasteiger charge is -2.13. The van der Waals surface area contributed by atoms with E-state index in [1.807, 2.05) is 24.3 Å². The van der Waals surface area contributed by atoms with Gasteiger partial charge in [0.25, 0.3) is 0 Å². The van der Waals surface area contributed by atoms with E-state index in [0.717, 1.165) is 33.5 Å². The van der Waals surface area contributed by atoms with Crippen LogP contribution < -0.4 is 5.73 Å². The van der Waals surface area contributed by atoms with Crippen LogP contribution in [0.4, 0.5) is 0 Å². The van der Waals surface area contributed by atoms with Gasteiger partial charge in [-0.15, -0.1) is 5.10 Å². The molecule has 2 aromatic heterocycles. The third-order valence-corrected chi connectivity index (χ3v) is 4.07. The van der Waals surface area contributed by atoms with Gasteiger partial charge in [0.15, 0.2) is 0 Å². The monoisotopic (exact) mass is 270 g/mol. The van der Waals surface area contributed by atoms with Crippen LogP contribution in [0, 0.1) is 0 Å². The summed E-state index contributed by atoms with van der Waals surface area (Å²) in [5, 5.41) is 5.22. The number of aromatic nitrogens is 3.